The minimum atomic E-state index is -0.465. The summed E-state index contributed by atoms with van der Waals surface area (Å²) in [6.45, 7) is 4.42. The summed E-state index contributed by atoms with van der Waals surface area (Å²) in [6, 6.07) is 11.6. The molecule has 8 nitrogen and oxygen atoms in total. The van der Waals surface area contributed by atoms with E-state index in [1.54, 1.807) is 13.0 Å². The lowest BCUT2D eigenvalue weighted by atomic mass is 10.1. The molecule has 1 saturated heterocycles. The van der Waals surface area contributed by atoms with E-state index in [2.05, 4.69) is 36.2 Å². The third-order valence-corrected chi connectivity index (χ3v) is 5.20. The van der Waals surface area contributed by atoms with Gasteiger partial charge in [0.1, 0.15) is 29.7 Å². The Bertz CT molecular complexity index is 1110. The Kier molecular flexibility index (Phi) is 5.99. The second-order valence-electron chi connectivity index (χ2n) is 6.88. The van der Waals surface area contributed by atoms with E-state index >= 15 is 0 Å². The van der Waals surface area contributed by atoms with Crippen LogP contribution in [0.1, 0.15) is 24.4 Å². The highest BCUT2D eigenvalue weighted by molar-refractivity contribution is 9.10. The Balaban J connectivity index is 1.46. The number of cyclic esters (lactones) is 1. The number of nitrogens with one attached hydrogen (secondary N) is 1. The van der Waals surface area contributed by atoms with Gasteiger partial charge in [-0.15, -0.1) is 0 Å². The molecule has 3 aromatic rings. The lowest BCUT2D eigenvalue weighted by Gasteiger charge is -2.17. The number of nitrogens with zero attached hydrogens (tertiary/aromatic N) is 4. The summed E-state index contributed by atoms with van der Waals surface area (Å²) in [7, 11) is 0. The number of aromatic nitrogens is 3. The van der Waals surface area contributed by atoms with Gasteiger partial charge in [-0.3, -0.25) is 0 Å². The van der Waals surface area contributed by atoms with Crippen LogP contribution in [0, 0.1) is 12.7 Å². The van der Waals surface area contributed by atoms with E-state index in [0.29, 0.717) is 40.9 Å². The van der Waals surface area contributed by atoms with Crippen molar-refractivity contribution >= 4 is 33.9 Å². The van der Waals surface area contributed by atoms with Crippen molar-refractivity contribution in [1.82, 2.24) is 15.0 Å². The van der Waals surface area contributed by atoms with Gasteiger partial charge >= 0.3 is 6.09 Å². The van der Waals surface area contributed by atoms with Crippen molar-refractivity contribution in [3.05, 3.63) is 64.1 Å². The van der Waals surface area contributed by atoms with Crippen molar-refractivity contribution in [2.24, 2.45) is 0 Å². The molecule has 1 aromatic heterocycles. The molecule has 2 aromatic carbocycles. The molecule has 0 spiro atoms. The smallest absolute Gasteiger partial charge is 0.416 e. The fourth-order valence-corrected chi connectivity index (χ4v) is 3.45. The van der Waals surface area contributed by atoms with Crippen LogP contribution in [0.4, 0.5) is 21.1 Å². The summed E-state index contributed by atoms with van der Waals surface area (Å²) >= 11 is 3.29. The summed E-state index contributed by atoms with van der Waals surface area (Å²) < 4.78 is 24.5. The molecule has 1 unspecified atom stereocenters. The lowest BCUT2D eigenvalue weighted by Crippen LogP contribution is -2.26. The quantitative estimate of drug-likeness (QED) is 0.522. The first kappa shape index (κ1) is 21.0. The Hall–Kier alpha value is -3.27. The van der Waals surface area contributed by atoms with Gasteiger partial charge < -0.3 is 14.8 Å². The Labute approximate surface area is 186 Å². The van der Waals surface area contributed by atoms with E-state index in [1.807, 2.05) is 31.2 Å². The van der Waals surface area contributed by atoms with Crippen LogP contribution in [0.25, 0.3) is 0 Å². The third-order valence-electron chi connectivity index (χ3n) is 4.59. The predicted molar refractivity (Wildman–Crippen MR) is 116 cm³/mol. The van der Waals surface area contributed by atoms with Gasteiger partial charge in [0.05, 0.1) is 17.1 Å². The zero-order valence-corrected chi connectivity index (χ0v) is 18.4. The fraction of sp³-hybridized carbons (Fsp3) is 0.238. The number of hydrogen-bond donors (Lipinski definition) is 1. The van der Waals surface area contributed by atoms with Crippen LogP contribution in [-0.2, 0) is 4.74 Å². The van der Waals surface area contributed by atoms with Crippen LogP contribution >= 0.6 is 15.9 Å². The van der Waals surface area contributed by atoms with Gasteiger partial charge in [-0.2, -0.15) is 15.0 Å². The van der Waals surface area contributed by atoms with E-state index in [4.69, 9.17) is 9.47 Å². The van der Waals surface area contributed by atoms with Gasteiger partial charge in [0.2, 0.25) is 11.9 Å². The number of ether oxygens (including phenoxy) is 2. The number of amides is 1. The van der Waals surface area contributed by atoms with E-state index < -0.39 is 6.09 Å². The normalized spacial score (nSPS) is 14.3. The van der Waals surface area contributed by atoms with Crippen LogP contribution in [0.15, 0.2) is 46.9 Å². The number of anilines is 2. The van der Waals surface area contributed by atoms with E-state index in [1.165, 1.54) is 17.0 Å². The standard InChI is InChI=1S/C21H19BrFN5O3/c1-12(24-19-25-13(2)26-20(27-19)28-9-10-30-21(28)29)14-3-6-16(7-4-14)31-18-8-5-15(23)11-17(18)22/h3-8,11-12H,9-10H2,1-2H3,(H,24,25,26,27). The number of halogens is 2. The van der Waals surface area contributed by atoms with Crippen molar-refractivity contribution < 1.29 is 18.7 Å². The van der Waals surface area contributed by atoms with Crippen molar-refractivity contribution in [2.45, 2.75) is 19.9 Å². The average Bonchev–Trinajstić information content (AvgIpc) is 3.16. The minimum absolute atomic E-state index is 0.119. The molecular formula is C21H19BrFN5O3. The molecule has 1 N–H and O–H groups in total. The third kappa shape index (κ3) is 4.91. The molecule has 0 bridgehead atoms. The molecule has 1 fully saturated rings. The maximum Gasteiger partial charge on any atom is 0.416 e. The second-order valence-corrected chi connectivity index (χ2v) is 7.74. The molecule has 1 atom stereocenters. The Morgan fingerprint density at radius 2 is 1.97 bits per heavy atom. The molecule has 1 aliphatic rings. The highest BCUT2D eigenvalue weighted by Gasteiger charge is 2.27. The molecule has 160 valence electrons. The van der Waals surface area contributed by atoms with Crippen LogP contribution < -0.4 is 15.0 Å². The Morgan fingerprint density at radius 3 is 2.65 bits per heavy atom. The van der Waals surface area contributed by atoms with Crippen molar-refractivity contribution in [2.75, 3.05) is 23.4 Å². The molecule has 0 radical (unpaired) electrons. The number of hydrogen-bond acceptors (Lipinski definition) is 7. The van der Waals surface area contributed by atoms with Crippen LogP contribution in [0.3, 0.4) is 0 Å². The number of benzene rings is 2. The first-order valence-corrected chi connectivity index (χ1v) is 10.3. The highest BCUT2D eigenvalue weighted by Crippen LogP contribution is 2.31. The monoisotopic (exact) mass is 487 g/mol. The van der Waals surface area contributed by atoms with E-state index in [9.17, 15) is 9.18 Å². The zero-order valence-electron chi connectivity index (χ0n) is 16.8. The molecule has 2 heterocycles. The molecule has 0 aliphatic carbocycles. The van der Waals surface area contributed by atoms with Gasteiger partial charge in [-0.05, 0) is 65.7 Å². The van der Waals surface area contributed by atoms with Gasteiger partial charge in [0.15, 0.2) is 0 Å². The molecule has 10 heteroatoms. The summed E-state index contributed by atoms with van der Waals surface area (Å²) in [6.07, 6.45) is -0.465. The summed E-state index contributed by atoms with van der Waals surface area (Å²) in [4.78, 5) is 26.1. The Morgan fingerprint density at radius 1 is 1.19 bits per heavy atom. The number of carbonyl (C=O) groups excluding carboxylic acids is 1. The predicted octanol–water partition coefficient (Wildman–Crippen LogP) is 5.00. The van der Waals surface area contributed by atoms with Crippen LogP contribution in [-0.4, -0.2) is 34.2 Å². The molecule has 31 heavy (non-hydrogen) atoms. The minimum Gasteiger partial charge on any atom is -0.456 e. The van der Waals surface area contributed by atoms with Gasteiger partial charge in [-0.25, -0.2) is 14.1 Å². The van der Waals surface area contributed by atoms with Crippen molar-refractivity contribution in [1.29, 1.82) is 0 Å². The van der Waals surface area contributed by atoms with Gasteiger partial charge in [0, 0.05) is 0 Å². The summed E-state index contributed by atoms with van der Waals surface area (Å²) in [5.41, 5.74) is 0.978. The SMILES string of the molecule is Cc1nc(NC(C)c2ccc(Oc3ccc(F)cc3Br)cc2)nc(N2CCOC2=O)n1. The van der Waals surface area contributed by atoms with Gasteiger partial charge in [0.25, 0.3) is 0 Å². The van der Waals surface area contributed by atoms with Crippen LogP contribution in [0.5, 0.6) is 11.5 Å². The molecular weight excluding hydrogens is 469 g/mol. The maximum atomic E-state index is 13.2. The number of rotatable bonds is 6. The number of carbonyl (C=O) groups is 1. The average molecular weight is 488 g/mol. The summed E-state index contributed by atoms with van der Waals surface area (Å²) in [5, 5.41) is 3.23. The van der Waals surface area contributed by atoms with Crippen molar-refractivity contribution in [3.8, 4) is 11.5 Å². The maximum absolute atomic E-state index is 13.2. The molecule has 1 aliphatic heterocycles. The van der Waals surface area contributed by atoms with Crippen molar-refractivity contribution in [3.63, 3.8) is 0 Å². The summed E-state index contributed by atoms with van der Waals surface area (Å²) in [5.74, 6) is 1.92. The van der Waals surface area contributed by atoms with E-state index in [0.717, 1.165) is 5.56 Å². The first-order valence-electron chi connectivity index (χ1n) is 9.55. The largest absolute Gasteiger partial charge is 0.456 e. The molecule has 4 rings (SSSR count). The lowest BCUT2D eigenvalue weighted by molar-refractivity contribution is 0.181. The fourth-order valence-electron chi connectivity index (χ4n) is 3.01. The van der Waals surface area contributed by atoms with Crippen LogP contribution in [0.2, 0.25) is 0 Å². The topological polar surface area (TPSA) is 89.5 Å². The zero-order chi connectivity index (χ0) is 22.0. The highest BCUT2D eigenvalue weighted by atomic mass is 79.9. The number of aryl methyl sites for hydroxylation is 1. The first-order chi connectivity index (χ1) is 14.9. The molecule has 1 amide bonds. The molecule has 0 saturated carbocycles. The second kappa shape index (κ2) is 8.84. The van der Waals surface area contributed by atoms with Gasteiger partial charge in [-0.1, -0.05) is 12.1 Å². The van der Waals surface area contributed by atoms with E-state index in [-0.39, 0.29) is 17.8 Å².